The third kappa shape index (κ3) is 10.0. The molecule has 1 atom stereocenters. The Kier molecular flexibility index (Phi) is 5.12. The quantitative estimate of drug-likeness (QED) is 0.319. The summed E-state index contributed by atoms with van der Waals surface area (Å²) in [6.45, 7) is -1.68. The van der Waals surface area contributed by atoms with E-state index in [0.717, 1.165) is 0 Å². The Morgan fingerprint density at radius 1 is 1.29 bits per heavy atom. The van der Waals surface area contributed by atoms with Crippen LogP contribution in [0.3, 0.4) is 0 Å². The Morgan fingerprint density at radius 3 is 2.14 bits per heavy atom. The van der Waals surface area contributed by atoms with Crippen molar-refractivity contribution in [1.29, 1.82) is 0 Å². The van der Waals surface area contributed by atoms with Gasteiger partial charge in [-0.25, -0.2) is 8.75 Å². The van der Waals surface area contributed by atoms with Crippen LogP contribution in [0, 0.1) is 0 Å². The minimum absolute atomic E-state index is 0.820. The molecule has 0 aromatic rings. The monoisotopic (exact) mass is 252 g/mol. The smallest absolute Gasteiger partial charge is 0.388 e. The van der Waals surface area contributed by atoms with E-state index >= 15 is 0 Å². The first kappa shape index (κ1) is 13.9. The van der Waals surface area contributed by atoms with Crippen LogP contribution in [0.15, 0.2) is 0 Å². The summed E-state index contributed by atoms with van der Waals surface area (Å²) in [6.07, 6.45) is -1.58. The van der Waals surface area contributed by atoms with E-state index in [9.17, 15) is 13.0 Å². The van der Waals surface area contributed by atoms with Crippen molar-refractivity contribution < 1.29 is 41.1 Å². The maximum atomic E-state index is 10.1. The third-order valence-corrected chi connectivity index (χ3v) is 1.76. The number of rotatable bonds is 6. The average Bonchev–Trinajstić information content (AvgIpc) is 1.94. The first-order valence-electron chi connectivity index (χ1n) is 3.10. The second-order valence-electron chi connectivity index (χ2n) is 2.15. The fraction of sp³-hybridized carbons (Fsp3) is 1.00. The Balaban J connectivity index is 3.78. The predicted molar refractivity (Wildman–Crippen MR) is 41.5 cm³/mol. The molecule has 9 nitrogen and oxygen atoms in total. The molecule has 0 saturated heterocycles. The SMILES string of the molecule is O=P(O)(O)OCC(O)COS(=O)(=O)O. The van der Waals surface area contributed by atoms with E-state index in [4.69, 9.17) is 19.4 Å². The normalized spacial score (nSPS) is 15.4. The number of hydrogen-bond donors (Lipinski definition) is 4. The molecule has 0 aromatic heterocycles. The highest BCUT2D eigenvalue weighted by Crippen LogP contribution is 2.35. The molecule has 14 heavy (non-hydrogen) atoms. The van der Waals surface area contributed by atoms with Gasteiger partial charge in [0.05, 0.1) is 13.2 Å². The summed E-state index contributed by atoms with van der Waals surface area (Å²) in [5, 5.41) is 8.81. The Bertz CT molecular complexity index is 302. The Morgan fingerprint density at radius 2 is 1.79 bits per heavy atom. The summed E-state index contributed by atoms with van der Waals surface area (Å²) < 4.78 is 45.6. The molecule has 0 radical (unpaired) electrons. The van der Waals surface area contributed by atoms with Gasteiger partial charge in [0.1, 0.15) is 6.10 Å². The summed E-state index contributed by atoms with van der Waals surface area (Å²) in [4.78, 5) is 16.3. The number of aliphatic hydroxyl groups excluding tert-OH is 1. The van der Waals surface area contributed by atoms with Gasteiger partial charge in [-0.1, -0.05) is 0 Å². The maximum absolute atomic E-state index is 10.1. The van der Waals surface area contributed by atoms with Crippen LogP contribution >= 0.6 is 7.82 Å². The van der Waals surface area contributed by atoms with Gasteiger partial charge in [0.15, 0.2) is 0 Å². The highest BCUT2D eigenvalue weighted by molar-refractivity contribution is 7.80. The number of hydrogen-bond acceptors (Lipinski definition) is 6. The number of phosphoric acid groups is 1. The van der Waals surface area contributed by atoms with Crippen molar-refractivity contribution in [2.24, 2.45) is 0 Å². The first-order valence-corrected chi connectivity index (χ1v) is 6.00. The van der Waals surface area contributed by atoms with E-state index in [0.29, 0.717) is 0 Å². The molecular formula is C3H9O9PS. The largest absolute Gasteiger partial charge is 0.469 e. The second-order valence-corrected chi connectivity index (χ2v) is 4.48. The molecule has 0 bridgehead atoms. The molecule has 0 spiro atoms. The van der Waals surface area contributed by atoms with Crippen molar-refractivity contribution in [2.75, 3.05) is 13.2 Å². The molecule has 0 saturated carbocycles. The van der Waals surface area contributed by atoms with Gasteiger partial charge in [-0.15, -0.1) is 0 Å². The topological polar surface area (TPSA) is 151 Å². The van der Waals surface area contributed by atoms with Crippen molar-refractivity contribution in [3.05, 3.63) is 0 Å². The van der Waals surface area contributed by atoms with E-state index in [1.165, 1.54) is 0 Å². The number of aliphatic hydroxyl groups is 1. The fourth-order valence-electron chi connectivity index (χ4n) is 0.396. The van der Waals surface area contributed by atoms with Crippen molar-refractivity contribution in [3.8, 4) is 0 Å². The van der Waals surface area contributed by atoms with Crippen LogP contribution in [0.25, 0.3) is 0 Å². The predicted octanol–water partition coefficient (Wildman–Crippen LogP) is -1.72. The summed E-state index contributed by atoms with van der Waals surface area (Å²) in [6, 6.07) is 0. The van der Waals surface area contributed by atoms with Gasteiger partial charge < -0.3 is 14.9 Å². The third-order valence-electron chi connectivity index (χ3n) is 0.844. The van der Waals surface area contributed by atoms with E-state index in [2.05, 4.69) is 8.71 Å². The zero-order valence-corrected chi connectivity index (χ0v) is 8.39. The van der Waals surface area contributed by atoms with E-state index < -0.39 is 37.5 Å². The van der Waals surface area contributed by atoms with Crippen LogP contribution in [-0.4, -0.2) is 47.2 Å². The Hall–Kier alpha value is -0.0600. The van der Waals surface area contributed by atoms with Gasteiger partial charge in [0.2, 0.25) is 0 Å². The maximum Gasteiger partial charge on any atom is 0.469 e. The molecule has 0 aromatic carbocycles. The number of phosphoric ester groups is 1. The lowest BCUT2D eigenvalue weighted by molar-refractivity contribution is 0.0481. The van der Waals surface area contributed by atoms with Crippen molar-refractivity contribution in [1.82, 2.24) is 0 Å². The molecule has 11 heteroatoms. The summed E-state index contributed by atoms with van der Waals surface area (Å²) in [5.74, 6) is 0. The van der Waals surface area contributed by atoms with Crippen LogP contribution in [-0.2, 0) is 23.7 Å². The van der Waals surface area contributed by atoms with E-state index in [1.54, 1.807) is 0 Å². The highest BCUT2D eigenvalue weighted by atomic mass is 32.3. The standard InChI is InChI=1S/C3H9O9PS/c4-3(1-11-13(5,6)7)2-12-14(8,9)10/h3-4H,1-2H2,(H2,5,6,7)(H,8,9,10). The zero-order chi connectivity index (χ0) is 11.4. The van der Waals surface area contributed by atoms with Crippen molar-refractivity contribution in [3.63, 3.8) is 0 Å². The lowest BCUT2D eigenvalue weighted by atomic mass is 10.4. The average molecular weight is 252 g/mol. The molecule has 4 N–H and O–H groups in total. The molecule has 0 amide bonds. The van der Waals surface area contributed by atoms with Gasteiger partial charge in [0.25, 0.3) is 0 Å². The molecule has 0 rings (SSSR count). The van der Waals surface area contributed by atoms with Gasteiger partial charge in [0, 0.05) is 0 Å². The van der Waals surface area contributed by atoms with Crippen molar-refractivity contribution >= 4 is 18.2 Å². The van der Waals surface area contributed by atoms with Gasteiger partial charge in [-0.05, 0) is 0 Å². The molecule has 0 aliphatic rings. The minimum atomic E-state index is -4.71. The molecule has 0 heterocycles. The van der Waals surface area contributed by atoms with E-state index in [1.807, 2.05) is 0 Å². The second kappa shape index (κ2) is 5.14. The molecule has 0 aliphatic heterocycles. The lowest BCUT2D eigenvalue weighted by Gasteiger charge is -2.10. The van der Waals surface area contributed by atoms with E-state index in [-0.39, 0.29) is 0 Å². The Labute approximate surface area is 79.5 Å². The van der Waals surface area contributed by atoms with Crippen LogP contribution in [0.4, 0.5) is 0 Å². The molecule has 1 unspecified atom stereocenters. The van der Waals surface area contributed by atoms with Gasteiger partial charge >= 0.3 is 18.2 Å². The summed E-state index contributed by atoms with van der Waals surface area (Å²) in [5.41, 5.74) is 0. The summed E-state index contributed by atoms with van der Waals surface area (Å²) >= 11 is 0. The first-order chi connectivity index (χ1) is 6.10. The lowest BCUT2D eigenvalue weighted by Crippen LogP contribution is -2.23. The van der Waals surface area contributed by atoms with Crippen molar-refractivity contribution in [2.45, 2.75) is 6.10 Å². The highest BCUT2D eigenvalue weighted by Gasteiger charge is 2.18. The van der Waals surface area contributed by atoms with Gasteiger partial charge in [-0.3, -0.25) is 9.08 Å². The van der Waals surface area contributed by atoms with Crippen LogP contribution in [0.1, 0.15) is 0 Å². The minimum Gasteiger partial charge on any atom is -0.388 e. The molecule has 86 valence electrons. The van der Waals surface area contributed by atoms with Crippen LogP contribution in [0.2, 0.25) is 0 Å². The van der Waals surface area contributed by atoms with Crippen LogP contribution in [0.5, 0.6) is 0 Å². The zero-order valence-electron chi connectivity index (χ0n) is 6.68. The summed E-state index contributed by atoms with van der Waals surface area (Å²) in [7, 11) is -9.39. The van der Waals surface area contributed by atoms with Crippen LogP contribution < -0.4 is 0 Å². The molecule has 0 aliphatic carbocycles. The molecule has 0 fully saturated rings. The fourth-order valence-corrected chi connectivity index (χ4v) is 1.09. The molecular weight excluding hydrogens is 243 g/mol. The van der Waals surface area contributed by atoms with Gasteiger partial charge in [-0.2, -0.15) is 8.42 Å².